The monoisotopic (exact) mass is 392 g/mol. The fourth-order valence-corrected chi connectivity index (χ4v) is 2.99. The number of ether oxygens (including phenoxy) is 3. The highest BCUT2D eigenvalue weighted by Gasteiger charge is 2.33. The molecule has 0 bridgehead atoms. The fourth-order valence-electron chi connectivity index (χ4n) is 2.99. The first kappa shape index (κ1) is 24.6. The van der Waals surface area contributed by atoms with Crippen molar-refractivity contribution in [3.8, 4) is 0 Å². The van der Waals surface area contributed by atoms with Crippen LogP contribution >= 0.6 is 0 Å². The molecule has 160 valence electrons. The lowest BCUT2D eigenvalue weighted by Crippen LogP contribution is -2.25. The summed E-state index contributed by atoms with van der Waals surface area (Å²) in [5.74, 6) is -0.691. The molecule has 1 saturated heterocycles. The van der Waals surface area contributed by atoms with E-state index in [9.17, 15) is 4.79 Å². The smallest absolute Gasteiger partial charge is 0.305 e. The van der Waals surface area contributed by atoms with Crippen LogP contribution in [0.1, 0.15) is 85.0 Å². The number of hydrogen-bond acceptors (Lipinski definition) is 4. The van der Waals surface area contributed by atoms with Crippen LogP contribution in [-0.2, 0) is 19.0 Å². The predicted octanol–water partition coefficient (Wildman–Crippen LogP) is 6.27. The van der Waals surface area contributed by atoms with Crippen molar-refractivity contribution in [3.63, 3.8) is 0 Å². The molecule has 0 N–H and O–H groups in total. The lowest BCUT2D eigenvalue weighted by atomic mass is 10.1. The third kappa shape index (κ3) is 13.7. The van der Waals surface area contributed by atoms with E-state index in [2.05, 4.69) is 43.4 Å². The number of esters is 1. The Labute approximate surface area is 172 Å². The molecule has 0 radical (unpaired) electrons. The molecule has 28 heavy (non-hydrogen) atoms. The molecule has 1 atom stereocenters. The highest BCUT2D eigenvalue weighted by atomic mass is 16.7. The summed E-state index contributed by atoms with van der Waals surface area (Å²) in [4.78, 5) is 11.8. The second kappa shape index (κ2) is 15.5. The standard InChI is InChI=1S/C24H40O4/c1-4-5-6-7-8-9-10-11-12-13-14-15-16-17-18-19-23(25)26-20-22-21-27-24(2,3)28-22/h5-6,8-9,11-12,22H,4,7,10,13-21H2,1-3H3/b6-5+,9-8+,12-11+. The zero-order chi connectivity index (χ0) is 20.5. The summed E-state index contributed by atoms with van der Waals surface area (Å²) < 4.78 is 16.3. The number of unbranched alkanes of at least 4 members (excludes halogenated alkanes) is 5. The molecule has 1 rings (SSSR count). The molecule has 0 aromatic carbocycles. The van der Waals surface area contributed by atoms with Gasteiger partial charge >= 0.3 is 5.97 Å². The zero-order valence-corrected chi connectivity index (χ0v) is 18.2. The average molecular weight is 393 g/mol. The van der Waals surface area contributed by atoms with Gasteiger partial charge in [-0.25, -0.2) is 0 Å². The number of hydrogen-bond donors (Lipinski definition) is 0. The van der Waals surface area contributed by atoms with Crippen LogP contribution in [0.15, 0.2) is 36.5 Å². The number of allylic oxidation sites excluding steroid dienone is 6. The molecule has 1 unspecified atom stereocenters. The Kier molecular flexibility index (Phi) is 13.7. The van der Waals surface area contributed by atoms with Crippen molar-refractivity contribution in [2.45, 2.75) is 96.9 Å². The summed E-state index contributed by atoms with van der Waals surface area (Å²) in [5.41, 5.74) is 0. The van der Waals surface area contributed by atoms with Crippen LogP contribution in [0, 0.1) is 0 Å². The van der Waals surface area contributed by atoms with Crippen molar-refractivity contribution < 1.29 is 19.0 Å². The Hall–Kier alpha value is -1.39. The molecular formula is C24H40O4. The molecule has 1 fully saturated rings. The van der Waals surface area contributed by atoms with Crippen molar-refractivity contribution in [2.24, 2.45) is 0 Å². The summed E-state index contributed by atoms with van der Waals surface area (Å²) in [6.45, 7) is 6.67. The van der Waals surface area contributed by atoms with Crippen molar-refractivity contribution in [2.75, 3.05) is 13.2 Å². The number of carbonyl (C=O) groups is 1. The third-order valence-corrected chi connectivity index (χ3v) is 4.53. The van der Waals surface area contributed by atoms with Crippen molar-refractivity contribution >= 4 is 5.97 Å². The first-order chi connectivity index (χ1) is 13.5. The van der Waals surface area contributed by atoms with Gasteiger partial charge < -0.3 is 14.2 Å². The molecule has 1 heterocycles. The van der Waals surface area contributed by atoms with E-state index in [4.69, 9.17) is 14.2 Å². The van der Waals surface area contributed by atoms with Crippen LogP contribution in [-0.4, -0.2) is 31.1 Å². The normalized spacial score (nSPS) is 19.3. The SMILES string of the molecule is CC/C=C/C/C=C/C/C=C/CCCCCCCC(=O)OCC1COC(C)(C)O1. The molecule has 0 amide bonds. The van der Waals surface area contributed by atoms with Gasteiger partial charge in [-0.05, 0) is 52.4 Å². The predicted molar refractivity (Wildman–Crippen MR) is 115 cm³/mol. The molecule has 1 aliphatic rings. The Bertz CT molecular complexity index is 491. The lowest BCUT2D eigenvalue weighted by molar-refractivity contribution is -0.158. The van der Waals surface area contributed by atoms with E-state index in [1.165, 1.54) is 19.3 Å². The van der Waals surface area contributed by atoms with Crippen LogP contribution in [0.2, 0.25) is 0 Å². The van der Waals surface area contributed by atoms with Gasteiger partial charge in [0.15, 0.2) is 5.79 Å². The van der Waals surface area contributed by atoms with E-state index in [1.54, 1.807) is 0 Å². The van der Waals surface area contributed by atoms with Crippen LogP contribution < -0.4 is 0 Å². The van der Waals surface area contributed by atoms with Gasteiger partial charge in [0.2, 0.25) is 0 Å². The largest absolute Gasteiger partial charge is 0.463 e. The van der Waals surface area contributed by atoms with Gasteiger partial charge in [-0.2, -0.15) is 0 Å². The summed E-state index contributed by atoms with van der Waals surface area (Å²) >= 11 is 0. The minimum atomic E-state index is -0.561. The quantitative estimate of drug-likeness (QED) is 0.187. The van der Waals surface area contributed by atoms with Gasteiger partial charge in [0.1, 0.15) is 12.7 Å². The van der Waals surface area contributed by atoms with E-state index in [0.717, 1.165) is 38.5 Å². The third-order valence-electron chi connectivity index (χ3n) is 4.53. The molecule has 0 aromatic rings. The molecule has 0 aliphatic carbocycles. The second-order valence-corrected chi connectivity index (χ2v) is 7.73. The van der Waals surface area contributed by atoms with Crippen molar-refractivity contribution in [1.82, 2.24) is 0 Å². The second-order valence-electron chi connectivity index (χ2n) is 7.73. The fraction of sp³-hybridized carbons (Fsp3) is 0.708. The summed E-state index contributed by atoms with van der Waals surface area (Å²) in [5, 5.41) is 0. The maximum Gasteiger partial charge on any atom is 0.305 e. The maximum absolute atomic E-state index is 11.8. The topological polar surface area (TPSA) is 44.8 Å². The molecule has 0 saturated carbocycles. The molecule has 4 nitrogen and oxygen atoms in total. The van der Waals surface area contributed by atoms with Gasteiger partial charge in [-0.1, -0.05) is 62.6 Å². The van der Waals surface area contributed by atoms with E-state index in [0.29, 0.717) is 19.6 Å². The van der Waals surface area contributed by atoms with Crippen molar-refractivity contribution in [3.05, 3.63) is 36.5 Å². The Morgan fingerprint density at radius 3 is 2.29 bits per heavy atom. The highest BCUT2D eigenvalue weighted by molar-refractivity contribution is 5.69. The Balaban J connectivity index is 1.86. The summed E-state index contributed by atoms with van der Waals surface area (Å²) in [7, 11) is 0. The van der Waals surface area contributed by atoms with Crippen LogP contribution in [0.3, 0.4) is 0 Å². The molecule has 1 aliphatic heterocycles. The summed E-state index contributed by atoms with van der Waals surface area (Å²) in [6.07, 6.45) is 23.7. The van der Waals surface area contributed by atoms with Crippen LogP contribution in [0.25, 0.3) is 0 Å². The maximum atomic E-state index is 11.8. The van der Waals surface area contributed by atoms with E-state index in [1.807, 2.05) is 13.8 Å². The van der Waals surface area contributed by atoms with Gasteiger partial charge in [-0.3, -0.25) is 4.79 Å². The lowest BCUT2D eigenvalue weighted by Gasteiger charge is -2.16. The highest BCUT2D eigenvalue weighted by Crippen LogP contribution is 2.22. The van der Waals surface area contributed by atoms with E-state index in [-0.39, 0.29) is 12.1 Å². The molecule has 0 spiro atoms. The van der Waals surface area contributed by atoms with Gasteiger partial charge in [-0.15, -0.1) is 0 Å². The van der Waals surface area contributed by atoms with Gasteiger partial charge in [0, 0.05) is 6.42 Å². The summed E-state index contributed by atoms with van der Waals surface area (Å²) in [6, 6.07) is 0. The number of rotatable bonds is 15. The Morgan fingerprint density at radius 2 is 1.61 bits per heavy atom. The van der Waals surface area contributed by atoms with Gasteiger partial charge in [0.25, 0.3) is 0 Å². The van der Waals surface area contributed by atoms with E-state index >= 15 is 0 Å². The molecular weight excluding hydrogens is 352 g/mol. The minimum Gasteiger partial charge on any atom is -0.463 e. The van der Waals surface area contributed by atoms with E-state index < -0.39 is 5.79 Å². The molecule has 0 aromatic heterocycles. The van der Waals surface area contributed by atoms with Crippen LogP contribution in [0.4, 0.5) is 0 Å². The molecule has 4 heteroatoms. The first-order valence-corrected chi connectivity index (χ1v) is 11.0. The Morgan fingerprint density at radius 1 is 0.964 bits per heavy atom. The van der Waals surface area contributed by atoms with Crippen molar-refractivity contribution in [1.29, 1.82) is 0 Å². The first-order valence-electron chi connectivity index (χ1n) is 11.0. The average Bonchev–Trinajstić information content (AvgIpc) is 3.02. The van der Waals surface area contributed by atoms with Gasteiger partial charge in [0.05, 0.1) is 6.61 Å². The number of carbonyl (C=O) groups excluding carboxylic acids is 1. The zero-order valence-electron chi connectivity index (χ0n) is 18.2. The minimum absolute atomic E-state index is 0.130. The van der Waals surface area contributed by atoms with Crippen LogP contribution in [0.5, 0.6) is 0 Å².